The van der Waals surface area contributed by atoms with Gasteiger partial charge in [-0.3, -0.25) is 9.97 Å². The number of benzene rings is 1. The minimum absolute atomic E-state index is 0.992. The molecule has 2 heterocycles. The van der Waals surface area contributed by atoms with Crippen LogP contribution in [-0.4, -0.2) is 9.97 Å². The Morgan fingerprint density at radius 1 is 0.824 bits per heavy atom. The predicted octanol–water partition coefficient (Wildman–Crippen LogP) is 3.37. The number of aromatic nitrogens is 2. The van der Waals surface area contributed by atoms with Gasteiger partial charge < -0.3 is 5.32 Å². The molecule has 1 aromatic carbocycles. The summed E-state index contributed by atoms with van der Waals surface area (Å²) >= 11 is 0. The maximum atomic E-state index is 4.33. The quantitative estimate of drug-likeness (QED) is 0.721. The van der Waals surface area contributed by atoms with Crippen LogP contribution < -0.4 is 5.32 Å². The molecule has 3 heteroatoms. The highest BCUT2D eigenvalue weighted by atomic mass is 14.9. The number of fused-ring (bicyclic) bond motifs is 1. The van der Waals surface area contributed by atoms with Gasteiger partial charge in [-0.05, 0) is 36.4 Å². The van der Waals surface area contributed by atoms with Gasteiger partial charge in [0.25, 0.3) is 0 Å². The summed E-state index contributed by atoms with van der Waals surface area (Å²) in [4.78, 5) is 8.33. The summed E-state index contributed by atoms with van der Waals surface area (Å²) in [7, 11) is 0. The first-order valence-electron chi connectivity index (χ1n) is 5.44. The van der Waals surface area contributed by atoms with E-state index >= 15 is 0 Å². The molecule has 0 atom stereocenters. The van der Waals surface area contributed by atoms with Crippen LogP contribution in [0, 0.1) is 0 Å². The molecule has 0 spiro atoms. The van der Waals surface area contributed by atoms with E-state index in [4.69, 9.17) is 0 Å². The molecule has 0 bridgehead atoms. The van der Waals surface area contributed by atoms with Crippen LogP contribution in [-0.2, 0) is 0 Å². The maximum absolute atomic E-state index is 4.33. The molecule has 0 fully saturated rings. The van der Waals surface area contributed by atoms with E-state index in [1.807, 2.05) is 36.4 Å². The zero-order chi connectivity index (χ0) is 11.5. The van der Waals surface area contributed by atoms with Gasteiger partial charge in [0, 0.05) is 35.4 Å². The lowest BCUT2D eigenvalue weighted by atomic mass is 10.2. The number of pyridine rings is 2. The van der Waals surface area contributed by atoms with Crippen LogP contribution in [0.2, 0.25) is 0 Å². The van der Waals surface area contributed by atoms with Crippen LogP contribution in [0.3, 0.4) is 0 Å². The summed E-state index contributed by atoms with van der Waals surface area (Å²) < 4.78 is 0. The van der Waals surface area contributed by atoms with Crippen LogP contribution in [0.4, 0.5) is 11.4 Å². The summed E-state index contributed by atoms with van der Waals surface area (Å²) in [6.07, 6.45) is 5.34. The first kappa shape index (κ1) is 9.78. The average Bonchev–Trinajstić information content (AvgIpc) is 2.40. The lowest BCUT2D eigenvalue weighted by molar-refractivity contribution is 1.33. The van der Waals surface area contributed by atoms with Gasteiger partial charge in [-0.1, -0.05) is 6.07 Å². The second kappa shape index (κ2) is 4.22. The van der Waals surface area contributed by atoms with Crippen LogP contribution in [0.25, 0.3) is 10.9 Å². The average molecular weight is 221 g/mol. The van der Waals surface area contributed by atoms with Gasteiger partial charge in [0.15, 0.2) is 0 Å². The van der Waals surface area contributed by atoms with E-state index in [9.17, 15) is 0 Å². The van der Waals surface area contributed by atoms with Gasteiger partial charge in [0.05, 0.1) is 5.52 Å². The summed E-state index contributed by atoms with van der Waals surface area (Å²) in [5, 5.41) is 4.48. The fourth-order valence-corrected chi connectivity index (χ4v) is 1.80. The number of hydrogen-bond acceptors (Lipinski definition) is 3. The number of nitrogens with zero attached hydrogens (tertiary/aromatic N) is 2. The van der Waals surface area contributed by atoms with Gasteiger partial charge in [0.2, 0.25) is 0 Å². The van der Waals surface area contributed by atoms with E-state index < -0.39 is 0 Å². The number of hydrogen-bond donors (Lipinski definition) is 1. The number of nitrogens with one attached hydrogen (secondary N) is 1. The third-order valence-corrected chi connectivity index (χ3v) is 2.61. The molecule has 0 aliphatic carbocycles. The highest BCUT2D eigenvalue weighted by Crippen LogP contribution is 2.24. The van der Waals surface area contributed by atoms with E-state index in [1.165, 1.54) is 0 Å². The first-order valence-corrected chi connectivity index (χ1v) is 5.44. The summed E-state index contributed by atoms with van der Waals surface area (Å²) in [6.45, 7) is 0. The Morgan fingerprint density at radius 2 is 1.71 bits per heavy atom. The molecule has 0 amide bonds. The zero-order valence-corrected chi connectivity index (χ0v) is 9.17. The molecule has 0 aliphatic heterocycles. The molecule has 0 aliphatic rings. The van der Waals surface area contributed by atoms with E-state index in [0.29, 0.717) is 0 Å². The zero-order valence-electron chi connectivity index (χ0n) is 9.17. The molecule has 0 radical (unpaired) electrons. The monoisotopic (exact) mass is 221 g/mol. The lowest BCUT2D eigenvalue weighted by Crippen LogP contribution is -1.91. The molecule has 0 saturated carbocycles. The van der Waals surface area contributed by atoms with Crippen molar-refractivity contribution in [3.8, 4) is 0 Å². The summed E-state index contributed by atoms with van der Waals surface area (Å²) in [6, 6.07) is 13.9. The largest absolute Gasteiger partial charge is 0.355 e. The maximum Gasteiger partial charge on any atom is 0.0722 e. The fraction of sp³-hybridized carbons (Fsp3) is 0. The van der Waals surface area contributed by atoms with Crippen molar-refractivity contribution in [1.29, 1.82) is 0 Å². The van der Waals surface area contributed by atoms with Crippen molar-refractivity contribution in [3.63, 3.8) is 0 Å². The van der Waals surface area contributed by atoms with Gasteiger partial charge in [0.1, 0.15) is 0 Å². The van der Waals surface area contributed by atoms with Crippen LogP contribution in [0.1, 0.15) is 0 Å². The fourth-order valence-electron chi connectivity index (χ4n) is 1.80. The van der Waals surface area contributed by atoms with Crippen molar-refractivity contribution in [2.75, 3.05) is 5.32 Å². The molecule has 82 valence electrons. The Labute approximate surface area is 99.2 Å². The Balaban J connectivity index is 2.06. The van der Waals surface area contributed by atoms with E-state index in [0.717, 1.165) is 22.3 Å². The first-order chi connectivity index (χ1) is 8.43. The minimum atomic E-state index is 0.992. The molecular weight excluding hydrogens is 210 g/mol. The Bertz CT molecular complexity index is 630. The highest BCUT2D eigenvalue weighted by molar-refractivity contribution is 5.92. The number of rotatable bonds is 2. The Kier molecular flexibility index (Phi) is 2.43. The van der Waals surface area contributed by atoms with Crippen molar-refractivity contribution in [2.24, 2.45) is 0 Å². The van der Waals surface area contributed by atoms with Crippen LogP contribution >= 0.6 is 0 Å². The molecule has 2 aromatic heterocycles. The van der Waals surface area contributed by atoms with Gasteiger partial charge >= 0.3 is 0 Å². The normalized spacial score (nSPS) is 10.4. The molecule has 3 rings (SSSR count). The van der Waals surface area contributed by atoms with Crippen molar-refractivity contribution in [2.45, 2.75) is 0 Å². The second-order valence-corrected chi connectivity index (χ2v) is 3.74. The summed E-state index contributed by atoms with van der Waals surface area (Å²) in [5.41, 5.74) is 3.07. The summed E-state index contributed by atoms with van der Waals surface area (Å²) in [5.74, 6) is 0. The Hall–Kier alpha value is -2.42. The Morgan fingerprint density at radius 3 is 2.59 bits per heavy atom. The lowest BCUT2D eigenvalue weighted by Gasteiger charge is -2.08. The molecule has 1 N–H and O–H groups in total. The molecule has 0 unspecified atom stereocenters. The smallest absolute Gasteiger partial charge is 0.0722 e. The third kappa shape index (κ3) is 1.95. The van der Waals surface area contributed by atoms with Crippen molar-refractivity contribution in [1.82, 2.24) is 9.97 Å². The minimum Gasteiger partial charge on any atom is -0.355 e. The van der Waals surface area contributed by atoms with Crippen LogP contribution in [0.5, 0.6) is 0 Å². The van der Waals surface area contributed by atoms with E-state index in [2.05, 4.69) is 21.4 Å². The molecule has 17 heavy (non-hydrogen) atoms. The second-order valence-electron chi connectivity index (χ2n) is 3.74. The molecule has 3 aromatic rings. The van der Waals surface area contributed by atoms with Gasteiger partial charge in [-0.2, -0.15) is 0 Å². The van der Waals surface area contributed by atoms with Crippen molar-refractivity contribution in [3.05, 3.63) is 61.1 Å². The SMILES string of the molecule is c1cc(Nc2ccncc2)c2cccnc2c1. The van der Waals surface area contributed by atoms with Crippen molar-refractivity contribution < 1.29 is 0 Å². The predicted molar refractivity (Wildman–Crippen MR) is 69.3 cm³/mol. The van der Waals surface area contributed by atoms with Gasteiger partial charge in [-0.15, -0.1) is 0 Å². The number of anilines is 2. The van der Waals surface area contributed by atoms with Crippen LogP contribution in [0.15, 0.2) is 61.1 Å². The van der Waals surface area contributed by atoms with Gasteiger partial charge in [-0.25, -0.2) is 0 Å². The standard InChI is InChI=1S/C14H11N3/c1-4-13-12(3-2-8-16-13)14(5-1)17-11-6-9-15-10-7-11/h1-10H,(H,15,17). The molecular formula is C14H11N3. The topological polar surface area (TPSA) is 37.8 Å². The molecule has 3 nitrogen and oxygen atoms in total. The molecule has 0 saturated heterocycles. The van der Waals surface area contributed by atoms with E-state index in [1.54, 1.807) is 18.6 Å². The highest BCUT2D eigenvalue weighted by Gasteiger charge is 2.00. The third-order valence-electron chi connectivity index (χ3n) is 2.61. The van der Waals surface area contributed by atoms with E-state index in [-0.39, 0.29) is 0 Å². The van der Waals surface area contributed by atoms with Crippen molar-refractivity contribution >= 4 is 22.3 Å².